The van der Waals surface area contributed by atoms with Gasteiger partial charge in [0.15, 0.2) is 0 Å². The fraction of sp³-hybridized carbons (Fsp3) is 0.385. The second-order valence-corrected chi connectivity index (χ2v) is 4.90. The van der Waals surface area contributed by atoms with Crippen molar-refractivity contribution in [2.45, 2.75) is 18.9 Å². The SMILES string of the molecule is COCCCC(N)c1cc2cccc(Br)c2o1. The molecule has 0 saturated heterocycles. The summed E-state index contributed by atoms with van der Waals surface area (Å²) in [4.78, 5) is 0. The number of rotatable bonds is 5. The maximum atomic E-state index is 6.09. The van der Waals surface area contributed by atoms with E-state index in [1.165, 1.54) is 0 Å². The molecule has 17 heavy (non-hydrogen) atoms. The zero-order valence-corrected chi connectivity index (χ0v) is 11.4. The van der Waals surface area contributed by atoms with Crippen LogP contribution in [-0.4, -0.2) is 13.7 Å². The number of furan rings is 1. The Morgan fingerprint density at radius 1 is 1.47 bits per heavy atom. The van der Waals surface area contributed by atoms with Gasteiger partial charge in [0.25, 0.3) is 0 Å². The average molecular weight is 298 g/mol. The van der Waals surface area contributed by atoms with Crippen LogP contribution in [0.2, 0.25) is 0 Å². The zero-order valence-electron chi connectivity index (χ0n) is 9.78. The summed E-state index contributed by atoms with van der Waals surface area (Å²) < 4.78 is 11.8. The number of halogens is 1. The minimum atomic E-state index is -0.0653. The van der Waals surface area contributed by atoms with Crippen molar-refractivity contribution in [1.82, 2.24) is 0 Å². The molecule has 2 rings (SSSR count). The van der Waals surface area contributed by atoms with Gasteiger partial charge in [-0.3, -0.25) is 0 Å². The van der Waals surface area contributed by atoms with E-state index in [2.05, 4.69) is 15.9 Å². The van der Waals surface area contributed by atoms with Crippen LogP contribution in [0.4, 0.5) is 0 Å². The Balaban J connectivity index is 2.16. The summed E-state index contributed by atoms with van der Waals surface area (Å²) in [5.41, 5.74) is 6.95. The molecule has 0 amide bonds. The van der Waals surface area contributed by atoms with Gasteiger partial charge in [-0.1, -0.05) is 12.1 Å². The summed E-state index contributed by atoms with van der Waals surface area (Å²) in [5, 5.41) is 1.08. The molecule has 2 aromatic rings. The van der Waals surface area contributed by atoms with E-state index in [0.717, 1.165) is 40.7 Å². The van der Waals surface area contributed by atoms with Crippen molar-refractivity contribution >= 4 is 26.9 Å². The summed E-state index contributed by atoms with van der Waals surface area (Å²) >= 11 is 3.47. The van der Waals surface area contributed by atoms with Crippen molar-refractivity contribution in [2.24, 2.45) is 5.73 Å². The molecule has 1 heterocycles. The van der Waals surface area contributed by atoms with Gasteiger partial charge in [0.2, 0.25) is 0 Å². The number of hydrogen-bond acceptors (Lipinski definition) is 3. The largest absolute Gasteiger partial charge is 0.458 e. The lowest BCUT2D eigenvalue weighted by Crippen LogP contribution is -2.09. The van der Waals surface area contributed by atoms with Crippen molar-refractivity contribution in [3.63, 3.8) is 0 Å². The van der Waals surface area contributed by atoms with Gasteiger partial charge in [-0.2, -0.15) is 0 Å². The molecule has 0 bridgehead atoms. The minimum absolute atomic E-state index is 0.0653. The van der Waals surface area contributed by atoms with E-state index >= 15 is 0 Å². The molecule has 0 saturated carbocycles. The number of nitrogens with two attached hydrogens (primary N) is 1. The number of ether oxygens (including phenoxy) is 1. The van der Waals surface area contributed by atoms with Crippen molar-refractivity contribution < 1.29 is 9.15 Å². The highest BCUT2D eigenvalue weighted by Gasteiger charge is 2.12. The maximum absolute atomic E-state index is 6.09. The van der Waals surface area contributed by atoms with Gasteiger partial charge >= 0.3 is 0 Å². The van der Waals surface area contributed by atoms with Gasteiger partial charge < -0.3 is 14.9 Å². The number of hydrogen-bond donors (Lipinski definition) is 1. The predicted molar refractivity (Wildman–Crippen MR) is 72.0 cm³/mol. The molecule has 0 aliphatic heterocycles. The predicted octanol–water partition coefficient (Wildman–Crippen LogP) is 3.62. The van der Waals surface area contributed by atoms with E-state index < -0.39 is 0 Å². The maximum Gasteiger partial charge on any atom is 0.148 e. The van der Waals surface area contributed by atoms with E-state index in [1.807, 2.05) is 24.3 Å². The molecule has 0 aliphatic rings. The first-order valence-corrected chi connectivity index (χ1v) is 6.44. The quantitative estimate of drug-likeness (QED) is 0.858. The van der Waals surface area contributed by atoms with Crippen molar-refractivity contribution in [2.75, 3.05) is 13.7 Å². The van der Waals surface area contributed by atoms with Crippen molar-refractivity contribution in [1.29, 1.82) is 0 Å². The topological polar surface area (TPSA) is 48.4 Å². The highest BCUT2D eigenvalue weighted by molar-refractivity contribution is 9.10. The van der Waals surface area contributed by atoms with Crippen molar-refractivity contribution in [3.8, 4) is 0 Å². The first-order chi connectivity index (χ1) is 8.22. The Morgan fingerprint density at radius 3 is 3.00 bits per heavy atom. The zero-order chi connectivity index (χ0) is 12.3. The smallest absolute Gasteiger partial charge is 0.148 e. The lowest BCUT2D eigenvalue weighted by atomic mass is 10.1. The lowest BCUT2D eigenvalue weighted by Gasteiger charge is -2.07. The molecule has 4 heteroatoms. The van der Waals surface area contributed by atoms with Crippen molar-refractivity contribution in [3.05, 3.63) is 34.5 Å². The van der Waals surface area contributed by atoms with Crippen LogP contribution in [-0.2, 0) is 4.74 Å². The summed E-state index contributed by atoms with van der Waals surface area (Å²) in [6.45, 7) is 0.734. The fourth-order valence-electron chi connectivity index (χ4n) is 1.82. The summed E-state index contributed by atoms with van der Waals surface area (Å²) in [6, 6.07) is 7.92. The summed E-state index contributed by atoms with van der Waals surface area (Å²) in [6.07, 6.45) is 1.81. The number of methoxy groups -OCH3 is 1. The molecular formula is C13H16BrNO2. The molecular weight excluding hydrogens is 282 g/mol. The summed E-state index contributed by atoms with van der Waals surface area (Å²) in [5.74, 6) is 0.836. The Morgan fingerprint density at radius 2 is 2.29 bits per heavy atom. The second-order valence-electron chi connectivity index (χ2n) is 4.05. The van der Waals surface area contributed by atoms with Gasteiger partial charge in [-0.15, -0.1) is 0 Å². The van der Waals surface area contributed by atoms with E-state index in [4.69, 9.17) is 14.9 Å². The van der Waals surface area contributed by atoms with Crippen LogP contribution in [0.3, 0.4) is 0 Å². The lowest BCUT2D eigenvalue weighted by molar-refractivity contribution is 0.189. The first-order valence-electron chi connectivity index (χ1n) is 5.65. The minimum Gasteiger partial charge on any atom is -0.458 e. The number of fused-ring (bicyclic) bond motifs is 1. The first kappa shape index (κ1) is 12.6. The van der Waals surface area contributed by atoms with Crippen LogP contribution in [0, 0.1) is 0 Å². The van der Waals surface area contributed by atoms with E-state index in [1.54, 1.807) is 7.11 Å². The third-order valence-electron chi connectivity index (χ3n) is 2.74. The Hall–Kier alpha value is -0.840. The average Bonchev–Trinajstić information content (AvgIpc) is 2.75. The van der Waals surface area contributed by atoms with E-state index in [0.29, 0.717) is 0 Å². The number of para-hydroxylation sites is 1. The fourth-order valence-corrected chi connectivity index (χ4v) is 2.28. The van der Waals surface area contributed by atoms with Crippen LogP contribution in [0.5, 0.6) is 0 Å². The molecule has 3 nitrogen and oxygen atoms in total. The normalized spacial score (nSPS) is 13.1. The van der Waals surface area contributed by atoms with Gasteiger partial charge in [0, 0.05) is 19.1 Å². The molecule has 92 valence electrons. The van der Waals surface area contributed by atoms with Gasteiger partial charge in [0.05, 0.1) is 10.5 Å². The number of benzene rings is 1. The molecule has 0 spiro atoms. The Labute approximate surface area is 109 Å². The molecule has 0 fully saturated rings. The third kappa shape index (κ3) is 2.89. The molecule has 1 atom stereocenters. The van der Waals surface area contributed by atoms with Crippen LogP contribution in [0.1, 0.15) is 24.6 Å². The standard InChI is InChI=1S/C13H16BrNO2/c1-16-7-3-6-11(15)12-8-9-4-2-5-10(14)13(9)17-12/h2,4-5,8,11H,3,6-7,15H2,1H3. The highest BCUT2D eigenvalue weighted by atomic mass is 79.9. The molecule has 0 aliphatic carbocycles. The van der Waals surface area contributed by atoms with Crippen LogP contribution in [0.15, 0.2) is 33.2 Å². The van der Waals surface area contributed by atoms with E-state index in [9.17, 15) is 0 Å². The van der Waals surface area contributed by atoms with E-state index in [-0.39, 0.29) is 6.04 Å². The summed E-state index contributed by atoms with van der Waals surface area (Å²) in [7, 11) is 1.70. The van der Waals surface area contributed by atoms with Crippen LogP contribution < -0.4 is 5.73 Å². The highest BCUT2D eigenvalue weighted by Crippen LogP contribution is 2.30. The van der Waals surface area contributed by atoms with Gasteiger partial charge in [0.1, 0.15) is 11.3 Å². The van der Waals surface area contributed by atoms with Crippen LogP contribution >= 0.6 is 15.9 Å². The van der Waals surface area contributed by atoms with Gasteiger partial charge in [-0.25, -0.2) is 0 Å². The monoisotopic (exact) mass is 297 g/mol. The Kier molecular flexibility index (Phi) is 4.20. The molecule has 0 radical (unpaired) electrons. The molecule has 1 aromatic heterocycles. The molecule has 1 aromatic carbocycles. The molecule has 1 unspecified atom stereocenters. The molecule has 2 N–H and O–H groups in total. The van der Waals surface area contributed by atoms with Crippen LogP contribution in [0.25, 0.3) is 11.0 Å². The second kappa shape index (κ2) is 5.67. The Bertz CT molecular complexity index is 495. The third-order valence-corrected chi connectivity index (χ3v) is 3.37. The van der Waals surface area contributed by atoms with Gasteiger partial charge in [-0.05, 0) is 40.9 Å².